The van der Waals surface area contributed by atoms with Crippen LogP contribution in [0.15, 0.2) is 18.2 Å². The van der Waals surface area contributed by atoms with Gasteiger partial charge in [-0.05, 0) is 62.4 Å². The van der Waals surface area contributed by atoms with E-state index in [0.717, 1.165) is 35.4 Å². The molecule has 4 nitrogen and oxygen atoms in total. The number of rotatable bonds is 5. The Morgan fingerprint density at radius 2 is 2.00 bits per heavy atom. The molecular formula is C16H23FN4. The number of nitrogens with one attached hydrogen (secondary N) is 1. The molecule has 0 aliphatic rings. The lowest BCUT2D eigenvalue weighted by Crippen LogP contribution is -2.38. The number of aromatic nitrogens is 2. The number of benzene rings is 1. The van der Waals surface area contributed by atoms with Gasteiger partial charge in [-0.3, -0.25) is 16.0 Å². The highest BCUT2D eigenvalue weighted by molar-refractivity contribution is 5.29. The maximum absolute atomic E-state index is 13.2. The van der Waals surface area contributed by atoms with Gasteiger partial charge in [0, 0.05) is 18.8 Å². The standard InChI is InChI=1S/C16H23FN4/c1-10-7-14(17)6-5-13(10)8-15(19-18)9-16-11(2)20-21(4)12(16)3/h5-7,15,19H,8-9,18H2,1-4H3. The maximum atomic E-state index is 13.2. The van der Waals surface area contributed by atoms with Crippen LogP contribution in [0.2, 0.25) is 0 Å². The van der Waals surface area contributed by atoms with Gasteiger partial charge in [0.25, 0.3) is 0 Å². The molecular weight excluding hydrogens is 267 g/mol. The van der Waals surface area contributed by atoms with E-state index in [2.05, 4.69) is 17.4 Å². The highest BCUT2D eigenvalue weighted by atomic mass is 19.1. The van der Waals surface area contributed by atoms with Gasteiger partial charge in [0.2, 0.25) is 0 Å². The normalized spacial score (nSPS) is 12.7. The zero-order valence-corrected chi connectivity index (χ0v) is 13.1. The first-order valence-electron chi connectivity index (χ1n) is 7.12. The molecule has 0 spiro atoms. The average molecular weight is 290 g/mol. The van der Waals surface area contributed by atoms with Crippen molar-refractivity contribution in [2.75, 3.05) is 0 Å². The quantitative estimate of drug-likeness (QED) is 0.655. The predicted octanol–water partition coefficient (Wildman–Crippen LogP) is 2.10. The summed E-state index contributed by atoms with van der Waals surface area (Å²) in [4.78, 5) is 0. The molecule has 0 saturated heterocycles. The SMILES string of the molecule is Cc1cc(F)ccc1CC(Cc1c(C)nn(C)c1C)NN. The van der Waals surface area contributed by atoms with Crippen molar-refractivity contribution in [1.29, 1.82) is 0 Å². The van der Waals surface area contributed by atoms with Gasteiger partial charge in [0.05, 0.1) is 5.69 Å². The first kappa shape index (κ1) is 15.7. The zero-order valence-electron chi connectivity index (χ0n) is 13.1. The van der Waals surface area contributed by atoms with Crippen LogP contribution in [-0.4, -0.2) is 15.8 Å². The molecule has 0 fully saturated rings. The highest BCUT2D eigenvalue weighted by Gasteiger charge is 2.16. The molecule has 2 aromatic rings. The molecule has 0 aliphatic heterocycles. The van der Waals surface area contributed by atoms with Gasteiger partial charge in [-0.15, -0.1) is 0 Å². The minimum atomic E-state index is -0.201. The predicted molar refractivity (Wildman–Crippen MR) is 82.3 cm³/mol. The molecule has 3 N–H and O–H groups in total. The van der Waals surface area contributed by atoms with E-state index < -0.39 is 0 Å². The Morgan fingerprint density at radius 3 is 2.52 bits per heavy atom. The molecule has 1 aromatic carbocycles. The number of nitrogens with zero attached hydrogens (tertiary/aromatic N) is 2. The van der Waals surface area contributed by atoms with Crippen molar-refractivity contribution in [3.63, 3.8) is 0 Å². The average Bonchev–Trinajstić information content (AvgIpc) is 2.67. The van der Waals surface area contributed by atoms with Crippen LogP contribution in [0.3, 0.4) is 0 Å². The fourth-order valence-electron chi connectivity index (χ4n) is 2.70. The van der Waals surface area contributed by atoms with Crippen molar-refractivity contribution in [3.8, 4) is 0 Å². The van der Waals surface area contributed by atoms with Crippen molar-refractivity contribution >= 4 is 0 Å². The summed E-state index contributed by atoms with van der Waals surface area (Å²) in [5.41, 5.74) is 8.35. The molecule has 1 heterocycles. The van der Waals surface area contributed by atoms with Gasteiger partial charge in [0.1, 0.15) is 5.82 Å². The Hall–Kier alpha value is -1.72. The van der Waals surface area contributed by atoms with Crippen molar-refractivity contribution in [2.45, 2.75) is 39.7 Å². The van der Waals surface area contributed by atoms with Gasteiger partial charge >= 0.3 is 0 Å². The number of nitrogens with two attached hydrogens (primary N) is 1. The van der Waals surface area contributed by atoms with Crippen molar-refractivity contribution in [3.05, 3.63) is 52.1 Å². The number of hydrogen-bond acceptors (Lipinski definition) is 3. The second-order valence-corrected chi connectivity index (χ2v) is 5.62. The van der Waals surface area contributed by atoms with Crippen molar-refractivity contribution < 1.29 is 4.39 Å². The van der Waals surface area contributed by atoms with Crippen molar-refractivity contribution in [1.82, 2.24) is 15.2 Å². The number of aryl methyl sites for hydroxylation is 3. The summed E-state index contributed by atoms with van der Waals surface area (Å²) in [6.45, 7) is 6.00. The van der Waals surface area contributed by atoms with E-state index in [1.165, 1.54) is 11.6 Å². The molecule has 21 heavy (non-hydrogen) atoms. The lowest BCUT2D eigenvalue weighted by Gasteiger charge is -2.17. The largest absolute Gasteiger partial charge is 0.272 e. The summed E-state index contributed by atoms with van der Waals surface area (Å²) in [5, 5.41) is 4.43. The minimum absolute atomic E-state index is 0.0933. The van der Waals surface area contributed by atoms with Crippen LogP contribution in [0.4, 0.5) is 4.39 Å². The summed E-state index contributed by atoms with van der Waals surface area (Å²) in [6, 6.07) is 4.98. The van der Waals surface area contributed by atoms with Crippen LogP contribution in [0.1, 0.15) is 28.1 Å². The van der Waals surface area contributed by atoms with E-state index in [0.29, 0.717) is 0 Å². The smallest absolute Gasteiger partial charge is 0.123 e. The molecule has 0 radical (unpaired) electrons. The number of hydrogen-bond donors (Lipinski definition) is 2. The second kappa shape index (κ2) is 6.37. The Bertz CT molecular complexity index is 633. The van der Waals surface area contributed by atoms with E-state index in [4.69, 9.17) is 5.84 Å². The zero-order chi connectivity index (χ0) is 15.6. The van der Waals surface area contributed by atoms with Gasteiger partial charge < -0.3 is 0 Å². The summed E-state index contributed by atoms with van der Waals surface area (Å²) in [7, 11) is 1.95. The fourth-order valence-corrected chi connectivity index (χ4v) is 2.70. The van der Waals surface area contributed by atoms with Crippen LogP contribution in [0.25, 0.3) is 0 Å². The monoisotopic (exact) mass is 290 g/mol. The molecule has 1 aromatic heterocycles. The summed E-state index contributed by atoms with van der Waals surface area (Å²) in [6.07, 6.45) is 1.56. The lowest BCUT2D eigenvalue weighted by molar-refractivity contribution is 0.518. The summed E-state index contributed by atoms with van der Waals surface area (Å²) in [5.74, 6) is 5.50. The first-order valence-corrected chi connectivity index (χ1v) is 7.12. The molecule has 0 amide bonds. The van der Waals surface area contributed by atoms with Crippen LogP contribution < -0.4 is 11.3 Å². The Kier molecular flexibility index (Phi) is 4.75. The van der Waals surface area contributed by atoms with E-state index in [1.54, 1.807) is 6.07 Å². The van der Waals surface area contributed by atoms with Crippen LogP contribution in [0, 0.1) is 26.6 Å². The Labute approximate surface area is 125 Å². The molecule has 0 bridgehead atoms. The van der Waals surface area contributed by atoms with Crippen molar-refractivity contribution in [2.24, 2.45) is 12.9 Å². The summed E-state index contributed by atoms with van der Waals surface area (Å²) >= 11 is 0. The third kappa shape index (κ3) is 3.49. The first-order chi connectivity index (χ1) is 9.92. The van der Waals surface area contributed by atoms with E-state index in [1.807, 2.05) is 31.6 Å². The number of hydrazine groups is 1. The topological polar surface area (TPSA) is 55.9 Å². The fraction of sp³-hybridized carbons (Fsp3) is 0.438. The van der Waals surface area contributed by atoms with Crippen LogP contribution in [0.5, 0.6) is 0 Å². The third-order valence-electron chi connectivity index (χ3n) is 4.12. The molecule has 114 valence electrons. The van der Waals surface area contributed by atoms with Crippen LogP contribution >= 0.6 is 0 Å². The Balaban J connectivity index is 2.17. The molecule has 0 saturated carbocycles. The molecule has 1 unspecified atom stereocenters. The van der Waals surface area contributed by atoms with E-state index in [9.17, 15) is 4.39 Å². The molecule has 1 atom stereocenters. The minimum Gasteiger partial charge on any atom is -0.272 e. The van der Waals surface area contributed by atoms with Gasteiger partial charge in [-0.1, -0.05) is 6.07 Å². The molecule has 2 rings (SSSR count). The van der Waals surface area contributed by atoms with E-state index in [-0.39, 0.29) is 11.9 Å². The van der Waals surface area contributed by atoms with Gasteiger partial charge in [-0.25, -0.2) is 4.39 Å². The highest BCUT2D eigenvalue weighted by Crippen LogP contribution is 2.18. The molecule has 5 heteroatoms. The summed E-state index contributed by atoms with van der Waals surface area (Å²) < 4.78 is 15.1. The van der Waals surface area contributed by atoms with E-state index >= 15 is 0 Å². The maximum Gasteiger partial charge on any atom is 0.123 e. The van der Waals surface area contributed by atoms with Gasteiger partial charge in [-0.2, -0.15) is 5.10 Å². The molecule has 0 aliphatic carbocycles. The van der Waals surface area contributed by atoms with Gasteiger partial charge in [0.15, 0.2) is 0 Å². The third-order valence-corrected chi connectivity index (χ3v) is 4.12. The number of halogens is 1. The lowest BCUT2D eigenvalue weighted by atomic mass is 9.96. The van der Waals surface area contributed by atoms with Crippen LogP contribution in [-0.2, 0) is 19.9 Å². The Morgan fingerprint density at radius 1 is 1.29 bits per heavy atom. The second-order valence-electron chi connectivity index (χ2n) is 5.62.